The van der Waals surface area contributed by atoms with Gasteiger partial charge in [-0.05, 0) is 24.8 Å². The molecule has 1 saturated heterocycles. The highest BCUT2D eigenvalue weighted by Gasteiger charge is 2.37. The standard InChI is InChI=1S/C21H32O3/c1-4-5-7-12-20-16(2)21(23-17(3)22)15-19(24-20)14-13-18-10-8-6-9-11-18/h6,8-11,16,19-21H,4-5,7,12-15H2,1-3H3/t16-,19+,20-,21-/m0/s1. The third-order valence-electron chi connectivity index (χ3n) is 5.04. The molecule has 0 aliphatic carbocycles. The summed E-state index contributed by atoms with van der Waals surface area (Å²) >= 11 is 0. The number of benzene rings is 1. The summed E-state index contributed by atoms with van der Waals surface area (Å²) in [6.45, 7) is 5.89. The van der Waals surface area contributed by atoms with E-state index in [1.165, 1.54) is 31.7 Å². The van der Waals surface area contributed by atoms with Crippen molar-refractivity contribution in [1.82, 2.24) is 0 Å². The summed E-state index contributed by atoms with van der Waals surface area (Å²) in [4.78, 5) is 11.4. The van der Waals surface area contributed by atoms with Gasteiger partial charge in [0, 0.05) is 19.3 Å². The lowest BCUT2D eigenvalue weighted by Crippen LogP contribution is -2.44. The smallest absolute Gasteiger partial charge is 0.302 e. The molecule has 0 aromatic heterocycles. The van der Waals surface area contributed by atoms with Crippen LogP contribution in [-0.2, 0) is 20.7 Å². The van der Waals surface area contributed by atoms with Gasteiger partial charge < -0.3 is 9.47 Å². The van der Waals surface area contributed by atoms with Crippen molar-refractivity contribution in [2.24, 2.45) is 5.92 Å². The van der Waals surface area contributed by atoms with Crippen LogP contribution in [0.3, 0.4) is 0 Å². The van der Waals surface area contributed by atoms with E-state index in [1.54, 1.807) is 0 Å². The average Bonchev–Trinajstić information content (AvgIpc) is 2.57. The van der Waals surface area contributed by atoms with Crippen LogP contribution in [0.5, 0.6) is 0 Å². The van der Waals surface area contributed by atoms with Crippen molar-refractivity contribution in [3.63, 3.8) is 0 Å². The van der Waals surface area contributed by atoms with Gasteiger partial charge in [-0.15, -0.1) is 0 Å². The predicted octanol–water partition coefficient (Wildman–Crippen LogP) is 4.92. The minimum Gasteiger partial charge on any atom is -0.462 e. The molecule has 24 heavy (non-hydrogen) atoms. The summed E-state index contributed by atoms with van der Waals surface area (Å²) in [5.41, 5.74) is 1.34. The van der Waals surface area contributed by atoms with Gasteiger partial charge in [0.05, 0.1) is 12.2 Å². The fourth-order valence-corrected chi connectivity index (χ4v) is 3.59. The lowest BCUT2D eigenvalue weighted by Gasteiger charge is -2.40. The third-order valence-corrected chi connectivity index (χ3v) is 5.04. The van der Waals surface area contributed by atoms with Crippen molar-refractivity contribution in [3.8, 4) is 0 Å². The largest absolute Gasteiger partial charge is 0.462 e. The molecule has 0 bridgehead atoms. The van der Waals surface area contributed by atoms with E-state index >= 15 is 0 Å². The molecule has 4 atom stereocenters. The van der Waals surface area contributed by atoms with Crippen LogP contribution in [0, 0.1) is 5.92 Å². The fourth-order valence-electron chi connectivity index (χ4n) is 3.59. The van der Waals surface area contributed by atoms with E-state index in [9.17, 15) is 4.79 Å². The molecular weight excluding hydrogens is 300 g/mol. The maximum atomic E-state index is 11.4. The molecule has 1 fully saturated rings. The first-order chi connectivity index (χ1) is 11.6. The number of aryl methyl sites for hydroxylation is 1. The Labute approximate surface area is 146 Å². The molecule has 0 amide bonds. The lowest BCUT2D eigenvalue weighted by atomic mass is 9.86. The van der Waals surface area contributed by atoms with Crippen LogP contribution in [0.25, 0.3) is 0 Å². The topological polar surface area (TPSA) is 35.5 Å². The first kappa shape index (κ1) is 19.0. The second kappa shape index (κ2) is 9.83. The maximum absolute atomic E-state index is 11.4. The van der Waals surface area contributed by atoms with Crippen LogP contribution in [0.1, 0.15) is 64.9 Å². The number of esters is 1. The Hall–Kier alpha value is -1.35. The molecule has 3 nitrogen and oxygen atoms in total. The summed E-state index contributed by atoms with van der Waals surface area (Å²) in [5, 5.41) is 0. The first-order valence-corrected chi connectivity index (χ1v) is 9.46. The zero-order chi connectivity index (χ0) is 17.4. The van der Waals surface area contributed by atoms with Crippen LogP contribution in [0.2, 0.25) is 0 Å². The van der Waals surface area contributed by atoms with Crippen molar-refractivity contribution in [2.75, 3.05) is 0 Å². The monoisotopic (exact) mass is 332 g/mol. The normalized spacial score (nSPS) is 27.0. The first-order valence-electron chi connectivity index (χ1n) is 9.46. The molecule has 2 rings (SSSR count). The molecular formula is C21H32O3. The summed E-state index contributed by atoms with van der Waals surface area (Å²) < 4.78 is 12.0. The van der Waals surface area contributed by atoms with Crippen molar-refractivity contribution in [2.45, 2.75) is 84.0 Å². The zero-order valence-electron chi connectivity index (χ0n) is 15.4. The van der Waals surface area contributed by atoms with Crippen LogP contribution < -0.4 is 0 Å². The number of hydrogen-bond acceptors (Lipinski definition) is 3. The SMILES string of the molecule is CCCCC[C@@H]1O[C@H](CCc2ccccc2)C[C@H](OC(C)=O)[C@H]1C. The Bertz CT molecular complexity index is 485. The average molecular weight is 332 g/mol. The van der Waals surface area contributed by atoms with Gasteiger partial charge in [0.1, 0.15) is 6.10 Å². The Kier molecular flexibility index (Phi) is 7.77. The number of carbonyl (C=O) groups excluding carboxylic acids is 1. The van der Waals surface area contributed by atoms with Crippen LogP contribution in [0.4, 0.5) is 0 Å². The zero-order valence-corrected chi connectivity index (χ0v) is 15.4. The van der Waals surface area contributed by atoms with Crippen molar-refractivity contribution >= 4 is 5.97 Å². The number of rotatable bonds is 8. The van der Waals surface area contributed by atoms with Gasteiger partial charge in [-0.3, -0.25) is 4.79 Å². The van der Waals surface area contributed by atoms with Crippen molar-refractivity contribution in [1.29, 1.82) is 0 Å². The molecule has 0 unspecified atom stereocenters. The number of carbonyl (C=O) groups is 1. The van der Waals surface area contributed by atoms with Crippen LogP contribution >= 0.6 is 0 Å². The van der Waals surface area contributed by atoms with Gasteiger partial charge in [0.15, 0.2) is 0 Å². The molecule has 0 radical (unpaired) electrons. The summed E-state index contributed by atoms with van der Waals surface area (Å²) in [7, 11) is 0. The van der Waals surface area contributed by atoms with Crippen molar-refractivity contribution in [3.05, 3.63) is 35.9 Å². The lowest BCUT2D eigenvalue weighted by molar-refractivity contribution is -0.173. The van der Waals surface area contributed by atoms with E-state index in [4.69, 9.17) is 9.47 Å². The maximum Gasteiger partial charge on any atom is 0.302 e. The molecule has 0 spiro atoms. The second-order valence-corrected chi connectivity index (χ2v) is 7.06. The van der Waals surface area contributed by atoms with E-state index in [0.717, 1.165) is 25.7 Å². The molecule has 0 N–H and O–H groups in total. The van der Waals surface area contributed by atoms with E-state index in [-0.39, 0.29) is 30.2 Å². The number of unbranched alkanes of at least 4 members (excludes halogenated alkanes) is 2. The summed E-state index contributed by atoms with van der Waals surface area (Å²) in [6, 6.07) is 10.5. The summed E-state index contributed by atoms with van der Waals surface area (Å²) in [6.07, 6.45) is 7.88. The highest BCUT2D eigenvalue weighted by atomic mass is 16.6. The van der Waals surface area contributed by atoms with E-state index in [1.807, 2.05) is 6.07 Å². The minimum absolute atomic E-state index is 0.0105. The van der Waals surface area contributed by atoms with Crippen LogP contribution in [0.15, 0.2) is 30.3 Å². The third kappa shape index (κ3) is 5.94. The molecule has 3 heteroatoms. The molecule has 1 aromatic rings. The predicted molar refractivity (Wildman–Crippen MR) is 96.9 cm³/mol. The highest BCUT2D eigenvalue weighted by Crippen LogP contribution is 2.32. The Balaban J connectivity index is 1.94. The van der Waals surface area contributed by atoms with Crippen molar-refractivity contribution < 1.29 is 14.3 Å². The quantitative estimate of drug-likeness (QED) is 0.500. The van der Waals surface area contributed by atoms with Gasteiger partial charge in [0.25, 0.3) is 0 Å². The van der Waals surface area contributed by atoms with Gasteiger partial charge in [0.2, 0.25) is 0 Å². The van der Waals surface area contributed by atoms with E-state index in [0.29, 0.717) is 0 Å². The Morgan fingerprint density at radius 3 is 2.62 bits per heavy atom. The minimum atomic E-state index is -0.178. The molecule has 1 aromatic carbocycles. The highest BCUT2D eigenvalue weighted by molar-refractivity contribution is 5.66. The van der Waals surface area contributed by atoms with Gasteiger partial charge in [-0.1, -0.05) is 63.4 Å². The Morgan fingerprint density at radius 1 is 1.21 bits per heavy atom. The van der Waals surface area contributed by atoms with Gasteiger partial charge in [-0.2, -0.15) is 0 Å². The molecule has 1 aliphatic heterocycles. The van der Waals surface area contributed by atoms with Gasteiger partial charge in [-0.25, -0.2) is 0 Å². The molecule has 134 valence electrons. The van der Waals surface area contributed by atoms with Gasteiger partial charge >= 0.3 is 5.97 Å². The van der Waals surface area contributed by atoms with E-state index < -0.39 is 0 Å². The fraction of sp³-hybridized carbons (Fsp3) is 0.667. The van der Waals surface area contributed by atoms with E-state index in [2.05, 4.69) is 38.1 Å². The molecule has 0 saturated carbocycles. The molecule has 1 aliphatic rings. The Morgan fingerprint density at radius 2 is 1.96 bits per heavy atom. The van der Waals surface area contributed by atoms with Crippen LogP contribution in [-0.4, -0.2) is 24.3 Å². The summed E-state index contributed by atoms with van der Waals surface area (Å²) in [5.74, 6) is 0.0987. The molecule has 1 heterocycles. The second-order valence-electron chi connectivity index (χ2n) is 7.06. The number of ether oxygens (including phenoxy) is 2. The number of hydrogen-bond donors (Lipinski definition) is 0.